The molecule has 2 amide bonds. The van der Waals surface area contributed by atoms with Gasteiger partial charge in [-0.1, -0.05) is 25.1 Å². The van der Waals surface area contributed by atoms with Crippen LogP contribution in [-0.4, -0.2) is 53.3 Å². The molecule has 0 aliphatic carbocycles. The highest BCUT2D eigenvalue weighted by atomic mass is 16.2. The number of imidazole rings is 1. The Hall–Kier alpha value is -3.19. The molecule has 29 heavy (non-hydrogen) atoms. The Balaban J connectivity index is 1.79. The van der Waals surface area contributed by atoms with Crippen molar-refractivity contribution in [2.75, 3.05) is 32.5 Å². The largest absolute Gasteiger partial charge is 0.351 e. The fourth-order valence-electron chi connectivity index (χ4n) is 3.06. The minimum Gasteiger partial charge on any atom is -0.351 e. The molecule has 0 spiro atoms. The van der Waals surface area contributed by atoms with Crippen LogP contribution in [0.1, 0.15) is 40.0 Å². The highest BCUT2D eigenvalue weighted by molar-refractivity contribution is 6.06. The molecule has 3 rings (SSSR count). The predicted molar refractivity (Wildman–Crippen MR) is 114 cm³/mol. The van der Waals surface area contributed by atoms with Crippen LogP contribution in [-0.2, 0) is 6.42 Å². The van der Waals surface area contributed by atoms with E-state index in [1.807, 2.05) is 44.4 Å². The highest BCUT2D eigenvalue weighted by Crippen LogP contribution is 2.16. The first-order chi connectivity index (χ1) is 14.0. The summed E-state index contributed by atoms with van der Waals surface area (Å²) in [5.74, 6) is -0.459. The van der Waals surface area contributed by atoms with Crippen LogP contribution < -0.4 is 10.6 Å². The van der Waals surface area contributed by atoms with Crippen molar-refractivity contribution in [1.82, 2.24) is 19.6 Å². The van der Waals surface area contributed by atoms with E-state index in [1.165, 1.54) is 5.56 Å². The summed E-state index contributed by atoms with van der Waals surface area (Å²) in [5, 5.41) is 5.75. The molecule has 0 aliphatic heterocycles. The second-order valence-corrected chi connectivity index (χ2v) is 7.16. The molecule has 7 heteroatoms. The first kappa shape index (κ1) is 20.5. The molecule has 2 heterocycles. The number of nitrogens with one attached hydrogen (secondary N) is 2. The molecule has 2 aromatic heterocycles. The van der Waals surface area contributed by atoms with Crippen LogP contribution in [0.4, 0.5) is 5.69 Å². The number of hydrogen-bond donors (Lipinski definition) is 2. The third kappa shape index (κ3) is 5.00. The third-order valence-electron chi connectivity index (χ3n) is 4.65. The lowest BCUT2D eigenvalue weighted by atomic mass is 10.1. The van der Waals surface area contributed by atoms with E-state index in [4.69, 9.17) is 0 Å². The average molecular weight is 393 g/mol. The maximum atomic E-state index is 12.8. The van der Waals surface area contributed by atoms with Gasteiger partial charge in [-0.25, -0.2) is 4.98 Å². The summed E-state index contributed by atoms with van der Waals surface area (Å²) in [7, 11) is 3.98. The Labute approximate surface area is 170 Å². The van der Waals surface area contributed by atoms with Gasteiger partial charge in [-0.15, -0.1) is 0 Å². The molecule has 0 fully saturated rings. The SMILES string of the molecule is CCc1ccc(NC(=O)c2nc(C(=O)NCCCN(C)C)c3ccccn23)cc1. The normalized spacial score (nSPS) is 11.0. The number of pyridine rings is 1. The first-order valence-corrected chi connectivity index (χ1v) is 9.80. The van der Waals surface area contributed by atoms with Gasteiger partial charge in [0, 0.05) is 18.4 Å². The summed E-state index contributed by atoms with van der Waals surface area (Å²) >= 11 is 0. The van der Waals surface area contributed by atoms with Gasteiger partial charge in [-0.3, -0.25) is 14.0 Å². The molecule has 3 aromatic rings. The summed E-state index contributed by atoms with van der Waals surface area (Å²) < 4.78 is 1.64. The molecule has 0 saturated carbocycles. The molecular weight excluding hydrogens is 366 g/mol. The lowest BCUT2D eigenvalue weighted by molar-refractivity contribution is 0.0949. The van der Waals surface area contributed by atoms with E-state index >= 15 is 0 Å². The minimum absolute atomic E-state index is 0.179. The number of aryl methyl sites for hydroxylation is 1. The van der Waals surface area contributed by atoms with Gasteiger partial charge in [0.25, 0.3) is 11.8 Å². The Morgan fingerprint density at radius 2 is 1.83 bits per heavy atom. The average Bonchev–Trinajstić information content (AvgIpc) is 3.11. The minimum atomic E-state index is -0.359. The van der Waals surface area contributed by atoms with Gasteiger partial charge in [0.05, 0.1) is 5.52 Å². The van der Waals surface area contributed by atoms with E-state index in [9.17, 15) is 9.59 Å². The van der Waals surface area contributed by atoms with Crippen molar-refractivity contribution in [3.8, 4) is 0 Å². The van der Waals surface area contributed by atoms with Gasteiger partial charge in [0.15, 0.2) is 5.69 Å². The van der Waals surface area contributed by atoms with E-state index in [0.717, 1.165) is 19.4 Å². The smallest absolute Gasteiger partial charge is 0.292 e. The molecule has 0 bridgehead atoms. The van der Waals surface area contributed by atoms with Gasteiger partial charge in [0.2, 0.25) is 5.82 Å². The fraction of sp³-hybridized carbons (Fsp3) is 0.318. The number of carbonyl (C=O) groups excluding carboxylic acids is 2. The first-order valence-electron chi connectivity index (χ1n) is 9.80. The molecule has 7 nitrogen and oxygen atoms in total. The van der Waals surface area contributed by atoms with E-state index in [-0.39, 0.29) is 23.3 Å². The second kappa shape index (κ2) is 9.34. The van der Waals surface area contributed by atoms with Crippen molar-refractivity contribution in [2.45, 2.75) is 19.8 Å². The van der Waals surface area contributed by atoms with Crippen LogP contribution in [0.3, 0.4) is 0 Å². The summed E-state index contributed by atoms with van der Waals surface area (Å²) in [6, 6.07) is 13.1. The predicted octanol–water partition coefficient (Wildman–Crippen LogP) is 2.83. The number of rotatable bonds is 8. The van der Waals surface area contributed by atoms with Gasteiger partial charge >= 0.3 is 0 Å². The third-order valence-corrected chi connectivity index (χ3v) is 4.65. The standard InChI is InChI=1S/C22H27N5O2/c1-4-16-9-11-17(12-10-16)24-22(29)20-25-19(18-8-5-6-15-27(18)20)21(28)23-13-7-14-26(2)3/h5-6,8-12,15H,4,7,13-14H2,1-3H3,(H,23,28)(H,24,29). The van der Waals surface area contributed by atoms with Gasteiger partial charge < -0.3 is 15.5 Å². The molecule has 0 atom stereocenters. The van der Waals surface area contributed by atoms with Crippen molar-refractivity contribution < 1.29 is 9.59 Å². The van der Waals surface area contributed by atoms with Crippen LogP contribution in [0.5, 0.6) is 0 Å². The zero-order valence-electron chi connectivity index (χ0n) is 17.1. The second-order valence-electron chi connectivity index (χ2n) is 7.16. The number of hydrogen-bond acceptors (Lipinski definition) is 4. The molecule has 0 aliphatic rings. The van der Waals surface area contributed by atoms with E-state index in [2.05, 4.69) is 27.4 Å². The van der Waals surface area contributed by atoms with Gasteiger partial charge in [0.1, 0.15) is 0 Å². The molecular formula is C22H27N5O2. The van der Waals surface area contributed by atoms with Crippen molar-refractivity contribution in [3.05, 3.63) is 65.7 Å². The lowest BCUT2D eigenvalue weighted by Gasteiger charge is -2.09. The fourth-order valence-corrected chi connectivity index (χ4v) is 3.06. The van der Waals surface area contributed by atoms with Crippen molar-refractivity contribution in [2.24, 2.45) is 0 Å². The number of amides is 2. The zero-order valence-corrected chi connectivity index (χ0v) is 17.1. The van der Waals surface area contributed by atoms with Gasteiger partial charge in [-0.05, 0) is 63.3 Å². The molecule has 0 unspecified atom stereocenters. The monoisotopic (exact) mass is 393 g/mol. The number of aromatic nitrogens is 2. The van der Waals surface area contributed by atoms with Crippen LogP contribution in [0.15, 0.2) is 48.7 Å². The Morgan fingerprint density at radius 3 is 2.52 bits per heavy atom. The number of fused-ring (bicyclic) bond motifs is 1. The molecule has 0 radical (unpaired) electrons. The quantitative estimate of drug-likeness (QED) is 0.577. The van der Waals surface area contributed by atoms with E-state index in [0.29, 0.717) is 17.7 Å². The summed E-state index contributed by atoms with van der Waals surface area (Å²) in [6.45, 7) is 3.51. The molecule has 152 valence electrons. The van der Waals surface area contributed by atoms with Crippen LogP contribution in [0.25, 0.3) is 5.52 Å². The van der Waals surface area contributed by atoms with Crippen molar-refractivity contribution in [3.63, 3.8) is 0 Å². The van der Waals surface area contributed by atoms with E-state index < -0.39 is 0 Å². The Morgan fingerprint density at radius 1 is 1.07 bits per heavy atom. The van der Waals surface area contributed by atoms with E-state index in [1.54, 1.807) is 22.7 Å². The molecule has 1 aromatic carbocycles. The topological polar surface area (TPSA) is 78.7 Å². The van der Waals surface area contributed by atoms with Crippen molar-refractivity contribution >= 4 is 23.0 Å². The number of anilines is 1. The van der Waals surface area contributed by atoms with Crippen molar-refractivity contribution in [1.29, 1.82) is 0 Å². The summed E-state index contributed by atoms with van der Waals surface area (Å²) in [4.78, 5) is 31.9. The summed E-state index contributed by atoms with van der Waals surface area (Å²) in [5.41, 5.74) is 2.74. The highest BCUT2D eigenvalue weighted by Gasteiger charge is 2.21. The lowest BCUT2D eigenvalue weighted by Crippen LogP contribution is -2.27. The number of carbonyl (C=O) groups is 2. The van der Waals surface area contributed by atoms with Crippen LogP contribution >= 0.6 is 0 Å². The van der Waals surface area contributed by atoms with Crippen LogP contribution in [0, 0.1) is 0 Å². The van der Waals surface area contributed by atoms with Gasteiger partial charge in [-0.2, -0.15) is 0 Å². The number of nitrogens with zero attached hydrogens (tertiary/aromatic N) is 3. The summed E-state index contributed by atoms with van der Waals surface area (Å²) in [6.07, 6.45) is 3.51. The number of benzene rings is 1. The maximum absolute atomic E-state index is 12.8. The Kier molecular flexibility index (Phi) is 6.61. The molecule has 0 saturated heterocycles. The molecule has 2 N–H and O–H groups in total. The maximum Gasteiger partial charge on any atom is 0.292 e. The van der Waals surface area contributed by atoms with Crippen LogP contribution in [0.2, 0.25) is 0 Å². The Bertz CT molecular complexity index is 992. The zero-order chi connectivity index (χ0) is 20.8.